The first-order valence-electron chi connectivity index (χ1n) is 11.0. The van der Waals surface area contributed by atoms with Gasteiger partial charge in [0, 0.05) is 12.6 Å². The van der Waals surface area contributed by atoms with Gasteiger partial charge in [-0.05, 0) is 51.1 Å². The van der Waals surface area contributed by atoms with E-state index in [1.807, 2.05) is 32.0 Å². The summed E-state index contributed by atoms with van der Waals surface area (Å²) in [6.07, 6.45) is 6.16. The summed E-state index contributed by atoms with van der Waals surface area (Å²) in [6, 6.07) is 9.36. The van der Waals surface area contributed by atoms with Crippen molar-refractivity contribution in [2.45, 2.75) is 76.9 Å². The van der Waals surface area contributed by atoms with Crippen LogP contribution in [0.15, 0.2) is 30.3 Å². The first-order valence-corrected chi connectivity index (χ1v) is 11.0. The molecule has 0 aromatic heterocycles. The van der Waals surface area contributed by atoms with E-state index in [1.54, 1.807) is 0 Å². The van der Waals surface area contributed by atoms with Gasteiger partial charge in [-0.15, -0.1) is 0 Å². The van der Waals surface area contributed by atoms with Crippen LogP contribution in [0.3, 0.4) is 0 Å². The molecular weight excluding hydrogens is 368 g/mol. The fraction of sp³-hybridized carbons (Fsp3) is 0.652. The Morgan fingerprint density at radius 1 is 1.21 bits per heavy atom. The zero-order chi connectivity index (χ0) is 21.1. The Kier molecular flexibility index (Phi) is 10.2. The minimum absolute atomic E-state index is 0.0777. The number of carbonyl (C=O) groups is 2. The Hall–Kier alpha value is -1.92. The molecule has 6 heteroatoms. The number of esters is 1. The molecule has 1 aliphatic heterocycles. The molecule has 1 aromatic carbocycles. The first-order chi connectivity index (χ1) is 14.0. The van der Waals surface area contributed by atoms with Gasteiger partial charge in [0.2, 0.25) is 0 Å². The summed E-state index contributed by atoms with van der Waals surface area (Å²) in [5, 5.41) is 13.1. The van der Waals surface area contributed by atoms with Crippen LogP contribution in [-0.4, -0.2) is 59.8 Å². The molecule has 2 N–H and O–H groups in total. The number of hydrogen-bond acceptors (Lipinski definition) is 5. The van der Waals surface area contributed by atoms with E-state index in [0.29, 0.717) is 26.0 Å². The van der Waals surface area contributed by atoms with E-state index in [9.17, 15) is 14.7 Å². The van der Waals surface area contributed by atoms with Crippen LogP contribution >= 0.6 is 0 Å². The first kappa shape index (κ1) is 23.4. The molecule has 162 valence electrons. The number of rotatable bonds is 10. The molecule has 1 aromatic rings. The van der Waals surface area contributed by atoms with E-state index < -0.39 is 12.0 Å². The molecule has 3 unspecified atom stereocenters. The lowest BCUT2D eigenvalue weighted by atomic mass is 9.99. The highest BCUT2D eigenvalue weighted by Gasteiger charge is 2.29. The Balaban J connectivity index is 2.06. The summed E-state index contributed by atoms with van der Waals surface area (Å²) < 4.78 is 5.31. The molecule has 1 aliphatic rings. The average Bonchev–Trinajstić information content (AvgIpc) is 2.69. The molecule has 0 spiro atoms. The molecule has 0 radical (unpaired) electrons. The van der Waals surface area contributed by atoms with E-state index in [1.165, 1.54) is 5.56 Å². The second-order valence-electron chi connectivity index (χ2n) is 7.80. The van der Waals surface area contributed by atoms with Crippen molar-refractivity contribution in [3.63, 3.8) is 0 Å². The third-order valence-corrected chi connectivity index (χ3v) is 5.64. The van der Waals surface area contributed by atoms with Crippen molar-refractivity contribution in [3.05, 3.63) is 35.9 Å². The van der Waals surface area contributed by atoms with Gasteiger partial charge < -0.3 is 15.2 Å². The minimum atomic E-state index is -0.766. The van der Waals surface area contributed by atoms with Gasteiger partial charge in [0.05, 0.1) is 6.61 Å². The van der Waals surface area contributed by atoms with Crippen LogP contribution in [0, 0.1) is 0 Å². The van der Waals surface area contributed by atoms with E-state index in [-0.39, 0.29) is 18.1 Å². The van der Waals surface area contributed by atoms with Crippen LogP contribution in [0.5, 0.6) is 0 Å². The van der Waals surface area contributed by atoms with Crippen molar-refractivity contribution < 1.29 is 19.4 Å². The maximum atomic E-state index is 12.6. The number of likely N-dealkylation sites (tertiary alicyclic amines) is 1. The summed E-state index contributed by atoms with van der Waals surface area (Å²) in [6.45, 7) is 5.53. The van der Waals surface area contributed by atoms with Crippen LogP contribution in [0.2, 0.25) is 0 Å². The number of aliphatic carboxylic acids is 1. The minimum Gasteiger partial charge on any atom is -0.480 e. The molecule has 1 heterocycles. The van der Waals surface area contributed by atoms with Crippen LogP contribution < -0.4 is 5.32 Å². The van der Waals surface area contributed by atoms with E-state index in [2.05, 4.69) is 22.3 Å². The SMILES string of the molecule is CCOC(=O)C(CCc1ccccc1)NC1CCCCCN(C(CC)C(=O)O)C1. The normalized spacial score (nSPS) is 20.3. The molecule has 0 amide bonds. The molecule has 2 rings (SSSR count). The van der Waals surface area contributed by atoms with Crippen molar-refractivity contribution in [2.75, 3.05) is 19.7 Å². The van der Waals surface area contributed by atoms with Crippen molar-refractivity contribution in [2.24, 2.45) is 0 Å². The predicted molar refractivity (Wildman–Crippen MR) is 114 cm³/mol. The van der Waals surface area contributed by atoms with Crippen LogP contribution in [0.4, 0.5) is 0 Å². The van der Waals surface area contributed by atoms with Crippen molar-refractivity contribution >= 4 is 11.9 Å². The monoisotopic (exact) mass is 404 g/mol. The molecule has 0 aliphatic carbocycles. The zero-order valence-electron chi connectivity index (χ0n) is 17.8. The van der Waals surface area contributed by atoms with Crippen LogP contribution in [0.1, 0.15) is 57.9 Å². The number of hydrogen-bond donors (Lipinski definition) is 2. The number of carbonyl (C=O) groups excluding carboxylic acids is 1. The second kappa shape index (κ2) is 12.6. The molecule has 1 saturated heterocycles. The lowest BCUT2D eigenvalue weighted by molar-refractivity contribution is -0.147. The highest BCUT2D eigenvalue weighted by molar-refractivity contribution is 5.76. The van der Waals surface area contributed by atoms with Gasteiger partial charge in [-0.25, -0.2) is 0 Å². The molecule has 6 nitrogen and oxygen atoms in total. The number of carboxylic acid groups (broad SMARTS) is 1. The fourth-order valence-electron chi connectivity index (χ4n) is 4.11. The highest BCUT2D eigenvalue weighted by Crippen LogP contribution is 2.17. The molecule has 0 saturated carbocycles. The quantitative estimate of drug-likeness (QED) is 0.583. The van der Waals surface area contributed by atoms with E-state index >= 15 is 0 Å². The van der Waals surface area contributed by atoms with Gasteiger partial charge in [-0.3, -0.25) is 14.5 Å². The van der Waals surface area contributed by atoms with Gasteiger partial charge >= 0.3 is 11.9 Å². The molecular formula is C23H36N2O4. The highest BCUT2D eigenvalue weighted by atomic mass is 16.5. The average molecular weight is 405 g/mol. The zero-order valence-corrected chi connectivity index (χ0v) is 17.8. The van der Waals surface area contributed by atoms with Gasteiger partial charge in [-0.2, -0.15) is 0 Å². The number of nitrogens with zero attached hydrogens (tertiary/aromatic N) is 1. The number of benzene rings is 1. The summed E-state index contributed by atoms with van der Waals surface area (Å²) >= 11 is 0. The third-order valence-electron chi connectivity index (χ3n) is 5.64. The molecule has 3 atom stereocenters. The van der Waals surface area contributed by atoms with Crippen molar-refractivity contribution in [1.29, 1.82) is 0 Å². The van der Waals surface area contributed by atoms with Gasteiger partial charge in [0.25, 0.3) is 0 Å². The van der Waals surface area contributed by atoms with E-state index in [4.69, 9.17) is 4.74 Å². The predicted octanol–water partition coefficient (Wildman–Crippen LogP) is 3.25. The third kappa shape index (κ3) is 7.78. The Morgan fingerprint density at radius 2 is 1.97 bits per heavy atom. The van der Waals surface area contributed by atoms with Crippen LogP contribution in [-0.2, 0) is 20.7 Å². The lowest BCUT2D eigenvalue weighted by Gasteiger charge is -2.35. The maximum Gasteiger partial charge on any atom is 0.323 e. The Morgan fingerprint density at radius 3 is 2.62 bits per heavy atom. The molecule has 0 bridgehead atoms. The summed E-state index contributed by atoms with van der Waals surface area (Å²) in [7, 11) is 0. The lowest BCUT2D eigenvalue weighted by Crippen LogP contribution is -2.53. The summed E-state index contributed by atoms with van der Waals surface area (Å²) in [4.78, 5) is 26.3. The Labute approximate surface area is 174 Å². The Bertz CT molecular complexity index is 623. The molecule has 29 heavy (non-hydrogen) atoms. The van der Waals surface area contributed by atoms with Gasteiger partial charge in [-0.1, -0.05) is 50.1 Å². The second-order valence-corrected chi connectivity index (χ2v) is 7.80. The van der Waals surface area contributed by atoms with Crippen molar-refractivity contribution in [3.8, 4) is 0 Å². The number of aryl methyl sites for hydroxylation is 1. The smallest absolute Gasteiger partial charge is 0.323 e. The largest absolute Gasteiger partial charge is 0.480 e. The number of carboxylic acids is 1. The van der Waals surface area contributed by atoms with E-state index in [0.717, 1.165) is 38.6 Å². The summed E-state index contributed by atoms with van der Waals surface area (Å²) in [5.41, 5.74) is 1.19. The van der Waals surface area contributed by atoms with Gasteiger partial charge in [0.1, 0.15) is 12.1 Å². The van der Waals surface area contributed by atoms with Crippen molar-refractivity contribution in [1.82, 2.24) is 10.2 Å². The molecule has 1 fully saturated rings. The number of ether oxygens (including phenoxy) is 1. The fourth-order valence-corrected chi connectivity index (χ4v) is 4.11. The van der Waals surface area contributed by atoms with Gasteiger partial charge in [0.15, 0.2) is 0 Å². The number of nitrogens with one attached hydrogen (secondary N) is 1. The summed E-state index contributed by atoms with van der Waals surface area (Å²) in [5.74, 6) is -0.986. The standard InChI is InChI=1S/C23H36N2O4/c1-3-21(22(26)27)25-16-10-6-9-13-19(17-25)24-20(23(28)29-4-2)15-14-18-11-7-5-8-12-18/h5,7-8,11-12,19-21,24H,3-4,6,9-10,13-17H2,1-2H3,(H,26,27). The topological polar surface area (TPSA) is 78.9 Å². The van der Waals surface area contributed by atoms with Crippen LogP contribution in [0.25, 0.3) is 0 Å². The maximum absolute atomic E-state index is 12.6.